The van der Waals surface area contributed by atoms with Crippen molar-refractivity contribution >= 4 is 23.1 Å². The number of hydrogen-bond acceptors (Lipinski definition) is 6. The van der Waals surface area contributed by atoms with E-state index in [0.29, 0.717) is 6.54 Å². The van der Waals surface area contributed by atoms with Gasteiger partial charge in [-0.3, -0.25) is 15.2 Å². The summed E-state index contributed by atoms with van der Waals surface area (Å²) in [6.07, 6.45) is 1.01. The molecule has 7 heteroatoms. The molecule has 7 nitrogen and oxygen atoms in total. The highest BCUT2D eigenvalue weighted by Gasteiger charge is 2.39. The number of aryl methyl sites for hydroxylation is 1. The van der Waals surface area contributed by atoms with Crippen molar-refractivity contribution in [2.75, 3.05) is 18.6 Å². The molecule has 31 heavy (non-hydrogen) atoms. The summed E-state index contributed by atoms with van der Waals surface area (Å²) in [5.74, 6) is 1.58. The first kappa shape index (κ1) is 20.9. The first-order valence-corrected chi connectivity index (χ1v) is 10.8. The first-order chi connectivity index (χ1) is 15.0. The predicted molar refractivity (Wildman–Crippen MR) is 124 cm³/mol. The Morgan fingerprint density at radius 2 is 1.97 bits per heavy atom. The van der Waals surface area contributed by atoms with Gasteiger partial charge in [0.25, 0.3) is 0 Å². The van der Waals surface area contributed by atoms with Crippen LogP contribution in [0.5, 0.6) is 5.75 Å². The molecule has 0 aliphatic carbocycles. The average Bonchev–Trinajstić information content (AvgIpc) is 3.11. The number of methoxy groups -OCH3 is 1. The molecule has 2 aromatic carbocycles. The molecule has 2 heterocycles. The van der Waals surface area contributed by atoms with E-state index in [1.54, 1.807) is 7.11 Å². The van der Waals surface area contributed by atoms with Crippen molar-refractivity contribution in [1.82, 2.24) is 10.7 Å². The van der Waals surface area contributed by atoms with Crippen molar-refractivity contribution in [1.29, 1.82) is 0 Å². The van der Waals surface area contributed by atoms with E-state index in [0.717, 1.165) is 40.5 Å². The molecule has 2 aliphatic heterocycles. The minimum atomic E-state index is -0.313. The molecule has 0 radical (unpaired) electrons. The third-order valence-electron chi connectivity index (χ3n) is 5.77. The Morgan fingerprint density at radius 3 is 2.65 bits per heavy atom. The first-order valence-electron chi connectivity index (χ1n) is 10.8. The number of amides is 1. The van der Waals surface area contributed by atoms with E-state index in [9.17, 15) is 4.79 Å². The van der Waals surface area contributed by atoms with Gasteiger partial charge >= 0.3 is 0 Å². The molecule has 2 aliphatic rings. The van der Waals surface area contributed by atoms with Crippen molar-refractivity contribution < 1.29 is 9.53 Å². The van der Waals surface area contributed by atoms with E-state index in [1.807, 2.05) is 32.0 Å². The molecule has 0 saturated carbocycles. The van der Waals surface area contributed by atoms with Crippen LogP contribution in [0.3, 0.4) is 0 Å². The van der Waals surface area contributed by atoms with Crippen LogP contribution in [0.25, 0.3) is 0 Å². The fourth-order valence-corrected chi connectivity index (χ4v) is 4.15. The molecule has 0 fully saturated rings. The molecule has 2 atom stereocenters. The lowest BCUT2D eigenvalue weighted by Crippen LogP contribution is -2.48. The van der Waals surface area contributed by atoms with Crippen LogP contribution in [0.4, 0.5) is 5.69 Å². The highest BCUT2D eigenvalue weighted by molar-refractivity contribution is 6.18. The van der Waals surface area contributed by atoms with Gasteiger partial charge in [-0.1, -0.05) is 31.2 Å². The van der Waals surface area contributed by atoms with Gasteiger partial charge in [-0.05, 0) is 44.0 Å². The Bertz CT molecular complexity index is 1030. The van der Waals surface area contributed by atoms with Gasteiger partial charge in [0.1, 0.15) is 17.8 Å². The van der Waals surface area contributed by atoms with Gasteiger partial charge in [0.05, 0.1) is 31.0 Å². The number of hydrogen-bond donors (Lipinski definition) is 2. The molecule has 2 aromatic rings. The number of aliphatic imine (C=N–C) groups is 1. The van der Waals surface area contributed by atoms with Crippen LogP contribution in [0, 0.1) is 0 Å². The Kier molecular flexibility index (Phi) is 5.93. The van der Waals surface area contributed by atoms with Crippen molar-refractivity contribution in [2.45, 2.75) is 45.8 Å². The lowest BCUT2D eigenvalue weighted by molar-refractivity contribution is -0.121. The van der Waals surface area contributed by atoms with Gasteiger partial charge in [-0.2, -0.15) is 5.10 Å². The summed E-state index contributed by atoms with van der Waals surface area (Å²) in [6.45, 7) is 6.62. The topological polar surface area (TPSA) is 78.3 Å². The predicted octanol–water partition coefficient (Wildman–Crippen LogP) is 3.07. The maximum Gasteiger partial charge on any atom is 0.222 e. The molecule has 162 valence electrons. The second-order valence-electron chi connectivity index (χ2n) is 7.74. The summed E-state index contributed by atoms with van der Waals surface area (Å²) in [5.41, 5.74) is 8.30. The number of amidine groups is 1. The Hall–Kier alpha value is -3.35. The van der Waals surface area contributed by atoms with Crippen LogP contribution in [-0.4, -0.2) is 43.3 Å². The summed E-state index contributed by atoms with van der Waals surface area (Å²) < 4.78 is 5.52. The highest BCUT2D eigenvalue weighted by Crippen LogP contribution is 2.35. The lowest BCUT2D eigenvalue weighted by Gasteiger charge is -2.29. The minimum absolute atomic E-state index is 0.0215. The smallest absolute Gasteiger partial charge is 0.222 e. The number of benzene rings is 2. The van der Waals surface area contributed by atoms with Crippen LogP contribution in [-0.2, 0) is 11.2 Å². The van der Waals surface area contributed by atoms with E-state index >= 15 is 0 Å². The third-order valence-corrected chi connectivity index (χ3v) is 5.77. The number of nitrogens with zero attached hydrogens (tertiary/aromatic N) is 3. The standard InChI is InChI=1S/C24H29N5O2/c1-5-16-7-9-17(10-8-16)23-19-13-18(31-4)11-12-21(19)29-15(3)27-28-24(29)20(26-23)14-22(30)25-6-2/h7-13,20,24,28H,5-6,14H2,1-4H3,(H,25,30)/t20-,24?/m0/s1. The maximum absolute atomic E-state index is 12.5. The van der Waals surface area contributed by atoms with E-state index < -0.39 is 0 Å². The average molecular weight is 420 g/mol. The zero-order valence-electron chi connectivity index (χ0n) is 18.5. The van der Waals surface area contributed by atoms with Crippen LogP contribution >= 0.6 is 0 Å². The molecule has 0 aromatic heterocycles. The fraction of sp³-hybridized carbons (Fsp3) is 0.375. The van der Waals surface area contributed by atoms with Crippen LogP contribution in [0.2, 0.25) is 0 Å². The van der Waals surface area contributed by atoms with Gasteiger partial charge < -0.3 is 15.0 Å². The monoisotopic (exact) mass is 419 g/mol. The lowest BCUT2D eigenvalue weighted by atomic mass is 9.98. The quantitative estimate of drug-likeness (QED) is 0.754. The van der Waals surface area contributed by atoms with Crippen molar-refractivity contribution in [2.24, 2.45) is 10.1 Å². The number of fused-ring (bicyclic) bond motifs is 3. The van der Waals surface area contributed by atoms with Crippen LogP contribution in [0.1, 0.15) is 43.9 Å². The zero-order chi connectivity index (χ0) is 22.0. The van der Waals surface area contributed by atoms with Gasteiger partial charge in [0, 0.05) is 17.7 Å². The highest BCUT2D eigenvalue weighted by atomic mass is 16.5. The number of hydrazone groups is 1. The number of anilines is 1. The van der Waals surface area contributed by atoms with Crippen molar-refractivity contribution in [3.05, 3.63) is 59.2 Å². The van der Waals surface area contributed by atoms with E-state index in [-0.39, 0.29) is 24.5 Å². The van der Waals surface area contributed by atoms with E-state index in [2.05, 4.69) is 51.9 Å². The van der Waals surface area contributed by atoms with Gasteiger partial charge in [0.15, 0.2) is 0 Å². The Labute approximate surface area is 183 Å². The Morgan fingerprint density at radius 1 is 1.19 bits per heavy atom. The Balaban J connectivity index is 1.88. The summed E-state index contributed by atoms with van der Waals surface area (Å²) in [5, 5.41) is 7.35. The van der Waals surface area contributed by atoms with Gasteiger partial charge in [-0.15, -0.1) is 0 Å². The summed E-state index contributed by atoms with van der Waals surface area (Å²) in [4.78, 5) is 19.8. The summed E-state index contributed by atoms with van der Waals surface area (Å²) in [7, 11) is 1.66. The number of nitrogens with one attached hydrogen (secondary N) is 2. The normalized spacial score (nSPS) is 19.4. The zero-order valence-corrected chi connectivity index (χ0v) is 18.5. The number of rotatable bonds is 6. The molecule has 2 N–H and O–H groups in total. The maximum atomic E-state index is 12.5. The molecule has 0 spiro atoms. The molecular formula is C24H29N5O2. The molecule has 0 saturated heterocycles. The molecular weight excluding hydrogens is 390 g/mol. The van der Waals surface area contributed by atoms with Gasteiger partial charge in [-0.25, -0.2) is 0 Å². The molecule has 1 unspecified atom stereocenters. The molecule has 1 amide bonds. The summed E-state index contributed by atoms with van der Waals surface area (Å²) >= 11 is 0. The fourth-order valence-electron chi connectivity index (χ4n) is 4.15. The minimum Gasteiger partial charge on any atom is -0.497 e. The van der Waals surface area contributed by atoms with Crippen LogP contribution < -0.4 is 20.4 Å². The van der Waals surface area contributed by atoms with Crippen molar-refractivity contribution in [3.63, 3.8) is 0 Å². The van der Waals surface area contributed by atoms with E-state index in [4.69, 9.17) is 9.73 Å². The van der Waals surface area contributed by atoms with Crippen LogP contribution in [0.15, 0.2) is 52.6 Å². The molecule has 0 bridgehead atoms. The number of carbonyl (C=O) groups excluding carboxylic acids is 1. The number of carbonyl (C=O) groups is 1. The molecule has 4 rings (SSSR count). The van der Waals surface area contributed by atoms with E-state index in [1.165, 1.54) is 5.56 Å². The SMILES string of the molecule is CCNC(=O)C[C@@H]1N=C(c2ccc(CC)cc2)c2cc(OC)ccc2N2C(C)=NNC12. The second-order valence-corrected chi connectivity index (χ2v) is 7.74. The largest absolute Gasteiger partial charge is 0.497 e. The summed E-state index contributed by atoms with van der Waals surface area (Å²) in [6, 6.07) is 14.2. The third kappa shape index (κ3) is 4.00. The number of ether oxygens (including phenoxy) is 1. The second kappa shape index (κ2) is 8.79. The van der Waals surface area contributed by atoms with Gasteiger partial charge in [0.2, 0.25) is 5.91 Å². The van der Waals surface area contributed by atoms with Crippen molar-refractivity contribution in [3.8, 4) is 5.75 Å².